The zero-order valence-corrected chi connectivity index (χ0v) is 14.9. The molecule has 130 valence electrons. The Balaban J connectivity index is 1.62. The van der Waals surface area contributed by atoms with Crippen LogP contribution < -0.4 is 5.32 Å². The van der Waals surface area contributed by atoms with Crippen molar-refractivity contribution in [1.29, 1.82) is 0 Å². The summed E-state index contributed by atoms with van der Waals surface area (Å²) in [6.07, 6.45) is 4.12. The molecule has 1 aliphatic carbocycles. The molecule has 1 atom stereocenters. The lowest BCUT2D eigenvalue weighted by atomic mass is 9.82. The highest BCUT2D eigenvalue weighted by Gasteiger charge is 2.40. The number of methoxy groups -OCH3 is 1. The largest absolute Gasteiger partial charge is 0.386 e. The van der Waals surface area contributed by atoms with Gasteiger partial charge in [0.05, 0.1) is 5.41 Å². The van der Waals surface area contributed by atoms with Crippen LogP contribution in [0.5, 0.6) is 0 Å². The molecule has 1 amide bonds. The van der Waals surface area contributed by atoms with Gasteiger partial charge in [-0.15, -0.1) is 11.3 Å². The van der Waals surface area contributed by atoms with Gasteiger partial charge in [0.25, 0.3) is 0 Å². The summed E-state index contributed by atoms with van der Waals surface area (Å²) in [6.45, 7) is 0.868. The number of aliphatic hydroxyl groups is 1. The summed E-state index contributed by atoms with van der Waals surface area (Å²) in [6, 6.07) is 10.1. The van der Waals surface area contributed by atoms with Crippen molar-refractivity contribution in [2.24, 2.45) is 5.41 Å². The minimum absolute atomic E-state index is 0.0669. The second kappa shape index (κ2) is 7.64. The minimum atomic E-state index is -0.660. The van der Waals surface area contributed by atoms with E-state index in [4.69, 9.17) is 4.74 Å². The van der Waals surface area contributed by atoms with E-state index >= 15 is 0 Å². The van der Waals surface area contributed by atoms with Crippen molar-refractivity contribution in [2.45, 2.75) is 38.2 Å². The highest BCUT2D eigenvalue weighted by Crippen LogP contribution is 2.41. The van der Waals surface area contributed by atoms with Crippen molar-refractivity contribution >= 4 is 27.3 Å². The molecular weight excluding hydrogens is 322 g/mol. The second-order valence-corrected chi connectivity index (χ2v) is 7.76. The Hall–Kier alpha value is -1.43. The number of thiophene rings is 1. The second-order valence-electron chi connectivity index (χ2n) is 6.64. The first kappa shape index (κ1) is 17.4. The summed E-state index contributed by atoms with van der Waals surface area (Å²) >= 11 is 1.58. The highest BCUT2D eigenvalue weighted by molar-refractivity contribution is 7.19. The Morgan fingerprint density at radius 2 is 2.12 bits per heavy atom. The van der Waals surface area contributed by atoms with Crippen LogP contribution in [0.3, 0.4) is 0 Å². The van der Waals surface area contributed by atoms with Gasteiger partial charge < -0.3 is 15.2 Å². The van der Waals surface area contributed by atoms with Crippen LogP contribution >= 0.6 is 11.3 Å². The molecule has 1 heterocycles. The zero-order valence-electron chi connectivity index (χ0n) is 14.1. The molecule has 1 aromatic heterocycles. The number of amides is 1. The average molecular weight is 347 g/mol. The smallest absolute Gasteiger partial charge is 0.226 e. The lowest BCUT2D eigenvalue weighted by molar-refractivity contribution is -0.132. The van der Waals surface area contributed by atoms with Gasteiger partial charge in [-0.25, -0.2) is 0 Å². The first-order valence-electron chi connectivity index (χ1n) is 8.58. The maximum atomic E-state index is 12.7. The zero-order chi connectivity index (χ0) is 17.0. The summed E-state index contributed by atoms with van der Waals surface area (Å²) in [4.78, 5) is 13.6. The van der Waals surface area contributed by atoms with Crippen molar-refractivity contribution in [3.05, 3.63) is 35.2 Å². The average Bonchev–Trinajstić information content (AvgIpc) is 3.24. The number of rotatable bonds is 7. The van der Waals surface area contributed by atoms with Crippen LogP contribution in [0.2, 0.25) is 0 Å². The molecule has 2 N–H and O–H groups in total. The summed E-state index contributed by atoms with van der Waals surface area (Å²) in [5, 5.41) is 14.6. The molecule has 1 aliphatic rings. The molecule has 1 unspecified atom stereocenters. The van der Waals surface area contributed by atoms with Crippen LogP contribution in [0, 0.1) is 5.41 Å². The third kappa shape index (κ3) is 3.63. The predicted molar refractivity (Wildman–Crippen MR) is 97.2 cm³/mol. The number of benzene rings is 1. The molecule has 0 saturated heterocycles. The first-order chi connectivity index (χ1) is 11.6. The van der Waals surface area contributed by atoms with Gasteiger partial charge in [-0.3, -0.25) is 4.79 Å². The maximum Gasteiger partial charge on any atom is 0.226 e. The van der Waals surface area contributed by atoms with Crippen molar-refractivity contribution in [1.82, 2.24) is 5.32 Å². The van der Waals surface area contributed by atoms with Gasteiger partial charge in [0, 0.05) is 29.8 Å². The summed E-state index contributed by atoms with van der Waals surface area (Å²) in [5.41, 5.74) is -0.310. The minimum Gasteiger partial charge on any atom is -0.386 e. The van der Waals surface area contributed by atoms with E-state index in [0.29, 0.717) is 6.61 Å². The number of hydrogen-bond acceptors (Lipinski definition) is 4. The van der Waals surface area contributed by atoms with Crippen molar-refractivity contribution < 1.29 is 14.6 Å². The molecule has 0 spiro atoms. The Morgan fingerprint density at radius 3 is 2.83 bits per heavy atom. The van der Waals surface area contributed by atoms with Crippen LogP contribution in [-0.2, 0) is 9.53 Å². The SMILES string of the molecule is COCCC1(C(=O)NCC(O)c2cc3ccccc3s2)CCCC1. The van der Waals surface area contributed by atoms with Crippen LogP contribution in [0.4, 0.5) is 0 Å². The van der Waals surface area contributed by atoms with E-state index in [-0.39, 0.29) is 17.9 Å². The summed E-state index contributed by atoms with van der Waals surface area (Å²) in [7, 11) is 1.67. The molecule has 0 radical (unpaired) electrons. The van der Waals surface area contributed by atoms with E-state index in [0.717, 1.165) is 47.1 Å². The number of nitrogens with one attached hydrogen (secondary N) is 1. The van der Waals surface area contributed by atoms with Gasteiger partial charge in [-0.05, 0) is 36.8 Å². The molecule has 3 rings (SSSR count). The lowest BCUT2D eigenvalue weighted by Crippen LogP contribution is -2.41. The van der Waals surface area contributed by atoms with Crippen molar-refractivity contribution in [3.63, 3.8) is 0 Å². The fourth-order valence-electron chi connectivity index (χ4n) is 3.58. The monoisotopic (exact) mass is 347 g/mol. The van der Waals surface area contributed by atoms with Gasteiger partial charge in [-0.2, -0.15) is 0 Å². The molecular formula is C19H25NO3S. The Bertz CT molecular complexity index is 658. The molecule has 1 fully saturated rings. The van der Waals surface area contributed by atoms with Crippen molar-refractivity contribution in [3.8, 4) is 0 Å². The maximum absolute atomic E-state index is 12.7. The van der Waals surface area contributed by atoms with E-state index in [1.165, 1.54) is 0 Å². The molecule has 4 nitrogen and oxygen atoms in total. The Kier molecular flexibility index (Phi) is 5.54. The molecule has 1 saturated carbocycles. The number of hydrogen-bond donors (Lipinski definition) is 2. The third-order valence-electron chi connectivity index (χ3n) is 5.06. The van der Waals surface area contributed by atoms with Gasteiger partial charge in [0.15, 0.2) is 0 Å². The lowest BCUT2D eigenvalue weighted by Gasteiger charge is -2.27. The quantitative estimate of drug-likeness (QED) is 0.804. The number of fused-ring (bicyclic) bond motifs is 1. The van der Waals surface area contributed by atoms with E-state index in [9.17, 15) is 9.90 Å². The number of aliphatic hydroxyl groups excluding tert-OH is 1. The van der Waals surface area contributed by atoms with Crippen LogP contribution in [-0.4, -0.2) is 31.3 Å². The number of carbonyl (C=O) groups is 1. The molecule has 0 aliphatic heterocycles. The molecule has 1 aromatic carbocycles. The normalized spacial score (nSPS) is 17.9. The van der Waals surface area contributed by atoms with Gasteiger partial charge in [-0.1, -0.05) is 31.0 Å². The van der Waals surface area contributed by atoms with E-state index in [1.54, 1.807) is 18.4 Å². The number of carbonyl (C=O) groups excluding carboxylic acids is 1. The first-order valence-corrected chi connectivity index (χ1v) is 9.40. The summed E-state index contributed by atoms with van der Waals surface area (Å²) in [5.74, 6) is 0.0669. The third-order valence-corrected chi connectivity index (χ3v) is 6.27. The van der Waals surface area contributed by atoms with E-state index in [2.05, 4.69) is 5.32 Å². The predicted octanol–water partition coefficient (Wildman–Crippen LogP) is 3.65. The molecule has 2 aromatic rings. The van der Waals surface area contributed by atoms with Gasteiger partial charge in [0.1, 0.15) is 6.10 Å². The fraction of sp³-hybridized carbons (Fsp3) is 0.526. The standard InChI is InChI=1S/C19H25NO3S/c1-23-11-10-19(8-4-5-9-19)18(22)20-13-15(21)17-12-14-6-2-3-7-16(14)24-17/h2-3,6-7,12,15,21H,4-5,8-11,13H2,1H3,(H,20,22). The van der Waals surface area contributed by atoms with Crippen LogP contribution in [0.1, 0.15) is 43.1 Å². The fourth-order valence-corrected chi connectivity index (χ4v) is 4.63. The highest BCUT2D eigenvalue weighted by atomic mass is 32.1. The van der Waals surface area contributed by atoms with Gasteiger partial charge >= 0.3 is 0 Å². The Morgan fingerprint density at radius 1 is 1.38 bits per heavy atom. The summed E-state index contributed by atoms with van der Waals surface area (Å²) < 4.78 is 6.34. The van der Waals surface area contributed by atoms with Crippen LogP contribution in [0.15, 0.2) is 30.3 Å². The van der Waals surface area contributed by atoms with Crippen LogP contribution in [0.25, 0.3) is 10.1 Å². The topological polar surface area (TPSA) is 58.6 Å². The molecule has 5 heteroatoms. The Labute approximate surface area is 146 Å². The number of ether oxygens (including phenoxy) is 1. The van der Waals surface area contributed by atoms with Gasteiger partial charge in [0.2, 0.25) is 5.91 Å². The van der Waals surface area contributed by atoms with E-state index in [1.807, 2.05) is 30.3 Å². The van der Waals surface area contributed by atoms with E-state index < -0.39 is 6.10 Å². The van der Waals surface area contributed by atoms with Crippen molar-refractivity contribution in [2.75, 3.05) is 20.3 Å². The molecule has 24 heavy (non-hydrogen) atoms. The molecule has 0 bridgehead atoms.